The smallest absolute Gasteiger partial charge is 0.241 e. The Morgan fingerprint density at radius 2 is 2.18 bits per heavy atom. The molecule has 2 aliphatic heterocycles. The number of nitrogens with two attached hydrogens (primary N) is 1. The lowest BCUT2D eigenvalue weighted by atomic mass is 10.1. The molecular weight excluding hydrogens is 224 g/mol. The summed E-state index contributed by atoms with van der Waals surface area (Å²) in [5.74, 6) is -0.776. The van der Waals surface area contributed by atoms with Crippen molar-refractivity contribution in [2.45, 2.75) is 12.5 Å². The molecule has 2 heterocycles. The summed E-state index contributed by atoms with van der Waals surface area (Å²) in [4.78, 5) is 35.6. The molecule has 7 nitrogen and oxygen atoms in total. The Morgan fingerprint density at radius 3 is 2.71 bits per heavy atom. The number of carbonyl (C=O) groups is 3. The van der Waals surface area contributed by atoms with E-state index < -0.39 is 0 Å². The SMILES string of the molecule is NC(=O)C1CCN(C(=O)C2CNC(=O)CN2)C1. The van der Waals surface area contributed by atoms with Crippen molar-refractivity contribution in [1.29, 1.82) is 0 Å². The first-order chi connectivity index (χ1) is 8.08. The van der Waals surface area contributed by atoms with Gasteiger partial charge < -0.3 is 16.0 Å². The molecule has 0 spiro atoms. The molecule has 3 amide bonds. The molecule has 7 heteroatoms. The van der Waals surface area contributed by atoms with Crippen LogP contribution in [0.5, 0.6) is 0 Å². The maximum absolute atomic E-state index is 12.0. The van der Waals surface area contributed by atoms with Crippen molar-refractivity contribution in [1.82, 2.24) is 15.5 Å². The number of hydrogen-bond donors (Lipinski definition) is 3. The second kappa shape index (κ2) is 4.70. The minimum absolute atomic E-state index is 0.0752. The van der Waals surface area contributed by atoms with Crippen LogP contribution in [-0.2, 0) is 14.4 Å². The maximum atomic E-state index is 12.0. The van der Waals surface area contributed by atoms with Crippen LogP contribution in [0.4, 0.5) is 0 Å². The standard InChI is InChI=1S/C10H16N4O3/c11-9(16)6-1-2-14(5-6)10(17)7-3-13-8(15)4-12-7/h6-7,12H,1-5H2,(H2,11,16)(H,13,15). The molecule has 0 aromatic rings. The van der Waals surface area contributed by atoms with Gasteiger partial charge in [0.2, 0.25) is 17.7 Å². The van der Waals surface area contributed by atoms with Crippen LogP contribution in [0.3, 0.4) is 0 Å². The van der Waals surface area contributed by atoms with Gasteiger partial charge in [0.25, 0.3) is 0 Å². The van der Waals surface area contributed by atoms with E-state index in [9.17, 15) is 14.4 Å². The lowest BCUT2D eigenvalue weighted by Crippen LogP contribution is -2.58. The highest BCUT2D eigenvalue weighted by Crippen LogP contribution is 2.16. The average Bonchev–Trinajstić information content (AvgIpc) is 2.78. The van der Waals surface area contributed by atoms with E-state index in [1.165, 1.54) is 0 Å². The number of rotatable bonds is 2. The molecule has 2 fully saturated rings. The van der Waals surface area contributed by atoms with Gasteiger partial charge in [-0.2, -0.15) is 0 Å². The van der Waals surface area contributed by atoms with Gasteiger partial charge in [0.05, 0.1) is 12.5 Å². The second-order valence-electron chi connectivity index (χ2n) is 4.41. The highest BCUT2D eigenvalue weighted by Gasteiger charge is 2.34. The summed E-state index contributed by atoms with van der Waals surface area (Å²) in [6, 6.07) is -0.390. The zero-order valence-electron chi connectivity index (χ0n) is 9.44. The van der Waals surface area contributed by atoms with Crippen molar-refractivity contribution in [3.05, 3.63) is 0 Å². The Bertz CT molecular complexity index is 347. The van der Waals surface area contributed by atoms with Crippen LogP contribution in [0, 0.1) is 5.92 Å². The van der Waals surface area contributed by atoms with E-state index in [2.05, 4.69) is 10.6 Å². The minimum atomic E-state index is -0.390. The Labute approximate surface area is 98.7 Å². The fourth-order valence-electron chi connectivity index (χ4n) is 2.15. The molecule has 0 bridgehead atoms. The molecule has 0 aromatic heterocycles. The van der Waals surface area contributed by atoms with Crippen LogP contribution in [0.15, 0.2) is 0 Å². The van der Waals surface area contributed by atoms with Gasteiger partial charge in [-0.3, -0.25) is 19.7 Å². The fraction of sp³-hybridized carbons (Fsp3) is 0.700. The second-order valence-corrected chi connectivity index (χ2v) is 4.41. The van der Waals surface area contributed by atoms with E-state index in [4.69, 9.17) is 5.73 Å². The molecule has 4 N–H and O–H groups in total. The van der Waals surface area contributed by atoms with Crippen molar-refractivity contribution in [3.8, 4) is 0 Å². The van der Waals surface area contributed by atoms with Crippen LogP contribution >= 0.6 is 0 Å². The van der Waals surface area contributed by atoms with Gasteiger partial charge in [-0.15, -0.1) is 0 Å². The van der Waals surface area contributed by atoms with E-state index in [1.54, 1.807) is 4.90 Å². The van der Waals surface area contributed by atoms with Crippen LogP contribution in [0.1, 0.15) is 6.42 Å². The number of primary amides is 1. The third kappa shape index (κ3) is 2.55. The Kier molecular flexibility index (Phi) is 3.28. The van der Waals surface area contributed by atoms with Crippen molar-refractivity contribution in [2.75, 3.05) is 26.2 Å². The Balaban J connectivity index is 1.89. The van der Waals surface area contributed by atoms with Gasteiger partial charge in [-0.05, 0) is 6.42 Å². The summed E-state index contributed by atoms with van der Waals surface area (Å²) >= 11 is 0. The van der Waals surface area contributed by atoms with Crippen LogP contribution in [0.2, 0.25) is 0 Å². The van der Waals surface area contributed by atoms with Gasteiger partial charge in [0.15, 0.2) is 0 Å². The fourth-order valence-corrected chi connectivity index (χ4v) is 2.15. The molecular formula is C10H16N4O3. The number of nitrogens with one attached hydrogen (secondary N) is 2. The summed E-state index contributed by atoms with van der Waals surface area (Å²) in [6.07, 6.45) is 0.625. The summed E-state index contributed by atoms with van der Waals surface area (Å²) in [6.45, 7) is 1.40. The number of likely N-dealkylation sites (tertiary alicyclic amines) is 1. The summed E-state index contributed by atoms with van der Waals surface area (Å²) in [5, 5.41) is 5.50. The van der Waals surface area contributed by atoms with Crippen molar-refractivity contribution < 1.29 is 14.4 Å². The number of amides is 3. The molecule has 0 aliphatic carbocycles. The molecule has 17 heavy (non-hydrogen) atoms. The predicted molar refractivity (Wildman–Crippen MR) is 58.7 cm³/mol. The summed E-state index contributed by atoms with van der Waals surface area (Å²) < 4.78 is 0. The number of piperazine rings is 1. The monoisotopic (exact) mass is 240 g/mol. The number of nitrogens with zero attached hydrogens (tertiary/aromatic N) is 1. The van der Waals surface area contributed by atoms with E-state index in [0.29, 0.717) is 26.1 Å². The van der Waals surface area contributed by atoms with Crippen molar-refractivity contribution in [3.63, 3.8) is 0 Å². The molecule has 2 atom stereocenters. The third-order valence-corrected chi connectivity index (χ3v) is 3.21. The highest BCUT2D eigenvalue weighted by atomic mass is 16.2. The topological polar surface area (TPSA) is 105 Å². The first-order valence-electron chi connectivity index (χ1n) is 5.66. The lowest BCUT2D eigenvalue weighted by molar-refractivity contribution is -0.134. The molecule has 0 radical (unpaired) electrons. The minimum Gasteiger partial charge on any atom is -0.369 e. The van der Waals surface area contributed by atoms with Crippen LogP contribution in [0.25, 0.3) is 0 Å². The maximum Gasteiger partial charge on any atom is 0.241 e. The molecule has 2 unspecified atom stereocenters. The number of hydrogen-bond acceptors (Lipinski definition) is 4. The first-order valence-corrected chi connectivity index (χ1v) is 5.66. The largest absolute Gasteiger partial charge is 0.369 e. The quantitative estimate of drug-likeness (QED) is 0.492. The highest BCUT2D eigenvalue weighted by molar-refractivity contribution is 5.87. The zero-order chi connectivity index (χ0) is 12.4. The average molecular weight is 240 g/mol. The van der Waals surface area contributed by atoms with Crippen molar-refractivity contribution in [2.24, 2.45) is 11.7 Å². The predicted octanol–water partition coefficient (Wildman–Crippen LogP) is -2.59. The van der Waals surface area contributed by atoms with Gasteiger partial charge in [-0.1, -0.05) is 0 Å². The summed E-state index contributed by atoms with van der Waals surface area (Å²) in [5.41, 5.74) is 5.21. The van der Waals surface area contributed by atoms with Crippen molar-refractivity contribution >= 4 is 17.7 Å². The van der Waals surface area contributed by atoms with E-state index in [0.717, 1.165) is 0 Å². The van der Waals surface area contributed by atoms with Gasteiger partial charge in [-0.25, -0.2) is 0 Å². The van der Waals surface area contributed by atoms with Gasteiger partial charge in [0.1, 0.15) is 6.04 Å². The molecule has 2 aliphatic rings. The Morgan fingerprint density at radius 1 is 1.41 bits per heavy atom. The summed E-state index contributed by atoms with van der Waals surface area (Å²) in [7, 11) is 0. The van der Waals surface area contributed by atoms with E-state index >= 15 is 0 Å². The van der Waals surface area contributed by atoms with Gasteiger partial charge >= 0.3 is 0 Å². The van der Waals surface area contributed by atoms with E-state index in [-0.39, 0.29) is 36.2 Å². The Hall–Kier alpha value is -1.63. The third-order valence-electron chi connectivity index (χ3n) is 3.21. The molecule has 94 valence electrons. The zero-order valence-corrected chi connectivity index (χ0v) is 9.44. The van der Waals surface area contributed by atoms with Crippen LogP contribution < -0.4 is 16.4 Å². The number of carbonyl (C=O) groups excluding carboxylic acids is 3. The van der Waals surface area contributed by atoms with E-state index in [1.807, 2.05) is 0 Å². The molecule has 0 aromatic carbocycles. The first kappa shape index (κ1) is 11.8. The normalized spacial score (nSPS) is 28.9. The van der Waals surface area contributed by atoms with Gasteiger partial charge in [0, 0.05) is 19.6 Å². The molecule has 0 saturated carbocycles. The molecule has 2 saturated heterocycles. The van der Waals surface area contributed by atoms with Crippen LogP contribution in [-0.4, -0.2) is 54.8 Å². The lowest BCUT2D eigenvalue weighted by Gasteiger charge is -2.27. The molecule has 2 rings (SSSR count).